The second kappa shape index (κ2) is 13.8. The van der Waals surface area contributed by atoms with E-state index in [0.717, 1.165) is 31.6 Å². The highest BCUT2D eigenvalue weighted by Crippen LogP contribution is 2.33. The first-order chi connectivity index (χ1) is 19.9. The van der Waals surface area contributed by atoms with Gasteiger partial charge >= 0.3 is 0 Å². The van der Waals surface area contributed by atoms with Gasteiger partial charge in [-0.15, -0.1) is 0 Å². The molecule has 1 atom stereocenters. The highest BCUT2D eigenvalue weighted by Gasteiger charge is 2.40. The minimum absolute atomic E-state index is 0. The Kier molecular flexibility index (Phi) is 10.8. The van der Waals surface area contributed by atoms with Gasteiger partial charge in [0.15, 0.2) is 5.60 Å². The van der Waals surface area contributed by atoms with Crippen LogP contribution in [0.1, 0.15) is 42.6 Å². The van der Waals surface area contributed by atoms with E-state index in [9.17, 15) is 19.5 Å². The summed E-state index contributed by atoms with van der Waals surface area (Å²) in [6, 6.07) is 10.8. The summed E-state index contributed by atoms with van der Waals surface area (Å²) in [5.74, 6) is -0.531. The van der Waals surface area contributed by atoms with Crippen LogP contribution >= 0.6 is 48.3 Å². The molecular formula is C30H38Cl3N5O4S. The Hall–Kier alpha value is -2.21. The number of nitrogens with one attached hydrogen (secondary N) is 1. The van der Waals surface area contributed by atoms with Gasteiger partial charge in [0, 0.05) is 76.0 Å². The SMILES string of the molecule is CC(=O)N1CCN(C(=O)c2c(Cl)cc(NC3CN(C4CCN(C(=O)[C@@](C)(O)c5cccc(Cl)c5)CC4)C3)cc2Cl)CC1.S. The van der Waals surface area contributed by atoms with Crippen molar-refractivity contribution in [2.24, 2.45) is 0 Å². The van der Waals surface area contributed by atoms with Crippen LogP contribution in [0.4, 0.5) is 5.69 Å². The van der Waals surface area contributed by atoms with E-state index >= 15 is 0 Å². The second-order valence-electron chi connectivity index (χ2n) is 11.5. The van der Waals surface area contributed by atoms with E-state index in [1.54, 1.807) is 51.1 Å². The summed E-state index contributed by atoms with van der Waals surface area (Å²) < 4.78 is 0. The van der Waals surface area contributed by atoms with Gasteiger partial charge in [0.2, 0.25) is 5.91 Å². The van der Waals surface area contributed by atoms with E-state index in [1.807, 2.05) is 0 Å². The number of hydrogen-bond donors (Lipinski definition) is 2. The normalized spacial score (nSPS) is 19.7. The Balaban J connectivity index is 0.00000423. The highest BCUT2D eigenvalue weighted by atomic mass is 35.5. The molecule has 3 fully saturated rings. The van der Waals surface area contributed by atoms with Crippen molar-refractivity contribution in [3.05, 3.63) is 62.6 Å². The fourth-order valence-electron chi connectivity index (χ4n) is 6.04. The second-order valence-corrected chi connectivity index (χ2v) is 12.8. The van der Waals surface area contributed by atoms with Crippen molar-refractivity contribution in [1.29, 1.82) is 0 Å². The third kappa shape index (κ3) is 7.37. The van der Waals surface area contributed by atoms with Crippen LogP contribution in [0.5, 0.6) is 0 Å². The van der Waals surface area contributed by atoms with Crippen LogP contribution in [0.25, 0.3) is 0 Å². The summed E-state index contributed by atoms with van der Waals surface area (Å²) in [6.45, 7) is 7.77. The summed E-state index contributed by atoms with van der Waals surface area (Å²) in [5.41, 5.74) is -0.0948. The average molecular weight is 671 g/mol. The topological polar surface area (TPSA) is 96.4 Å². The molecule has 3 aliphatic heterocycles. The zero-order chi connectivity index (χ0) is 30.2. The van der Waals surface area contributed by atoms with Gasteiger partial charge < -0.3 is 25.1 Å². The van der Waals surface area contributed by atoms with Gasteiger partial charge in [-0.1, -0.05) is 46.9 Å². The van der Waals surface area contributed by atoms with Crippen LogP contribution in [0.3, 0.4) is 0 Å². The quantitative estimate of drug-likeness (QED) is 0.482. The van der Waals surface area contributed by atoms with Crippen molar-refractivity contribution in [3.8, 4) is 0 Å². The molecule has 2 aromatic rings. The van der Waals surface area contributed by atoms with E-state index in [0.29, 0.717) is 65.9 Å². The number of benzene rings is 2. The molecule has 234 valence electrons. The standard InChI is InChI=1S/C30H36Cl3N5O4.H2S/c1-19(39)35-10-12-36(13-11-35)28(40)27-25(32)15-22(16-26(27)33)34-23-17-38(18-23)24-6-8-37(9-7-24)29(41)30(2,42)20-4-3-5-21(31)14-20;/h3-5,14-16,23-24,34,42H,6-13,17-18H2,1-2H3;1H2/t30-;/m0./s1. The first-order valence-corrected chi connectivity index (χ1v) is 15.4. The van der Waals surface area contributed by atoms with Crippen molar-refractivity contribution in [3.63, 3.8) is 0 Å². The van der Waals surface area contributed by atoms with Crippen molar-refractivity contribution in [2.45, 2.75) is 44.4 Å². The molecule has 3 saturated heterocycles. The molecule has 0 radical (unpaired) electrons. The number of carbonyl (C=O) groups excluding carboxylic acids is 3. The average Bonchev–Trinajstić information content (AvgIpc) is 2.94. The van der Waals surface area contributed by atoms with Crippen molar-refractivity contribution < 1.29 is 19.5 Å². The van der Waals surface area contributed by atoms with Gasteiger partial charge in [-0.2, -0.15) is 13.5 Å². The third-order valence-corrected chi connectivity index (χ3v) is 9.45. The van der Waals surface area contributed by atoms with E-state index in [4.69, 9.17) is 34.8 Å². The molecule has 0 bridgehead atoms. The van der Waals surface area contributed by atoms with Crippen LogP contribution in [-0.2, 0) is 15.2 Å². The maximum atomic E-state index is 13.1. The largest absolute Gasteiger partial charge is 0.380 e. The number of likely N-dealkylation sites (tertiary alicyclic amines) is 2. The number of piperazine rings is 1. The molecule has 3 aliphatic rings. The molecule has 0 spiro atoms. The first kappa shape index (κ1) is 33.7. The zero-order valence-corrected chi connectivity index (χ0v) is 27.6. The fourth-order valence-corrected chi connectivity index (χ4v) is 6.88. The summed E-state index contributed by atoms with van der Waals surface area (Å²) in [4.78, 5) is 45.4. The lowest BCUT2D eigenvalue weighted by Crippen LogP contribution is -2.61. The van der Waals surface area contributed by atoms with Crippen LogP contribution in [0, 0.1) is 0 Å². The van der Waals surface area contributed by atoms with Crippen molar-refractivity contribution in [1.82, 2.24) is 19.6 Å². The first-order valence-electron chi connectivity index (χ1n) is 14.3. The molecule has 5 rings (SSSR count). The van der Waals surface area contributed by atoms with Crippen molar-refractivity contribution >= 4 is 71.7 Å². The molecule has 0 unspecified atom stereocenters. The summed E-state index contributed by atoms with van der Waals surface area (Å²) in [5, 5.41) is 15.5. The van der Waals surface area contributed by atoms with Gasteiger partial charge in [-0.05, 0) is 49.6 Å². The summed E-state index contributed by atoms with van der Waals surface area (Å²) in [7, 11) is 0. The molecule has 43 heavy (non-hydrogen) atoms. The number of rotatable bonds is 6. The van der Waals surface area contributed by atoms with E-state index in [1.165, 1.54) is 13.8 Å². The molecule has 3 heterocycles. The number of halogens is 3. The Bertz CT molecular complexity index is 1330. The maximum absolute atomic E-state index is 13.1. The minimum Gasteiger partial charge on any atom is -0.380 e. The minimum atomic E-state index is -1.63. The third-order valence-electron chi connectivity index (χ3n) is 8.62. The lowest BCUT2D eigenvalue weighted by atomic mass is 9.92. The molecule has 0 saturated carbocycles. The Labute approximate surface area is 274 Å². The number of piperidine rings is 1. The Morgan fingerprint density at radius 2 is 1.47 bits per heavy atom. The van der Waals surface area contributed by atoms with Crippen LogP contribution in [-0.4, -0.2) is 107 Å². The molecule has 9 nitrogen and oxygen atoms in total. The van der Waals surface area contributed by atoms with Crippen LogP contribution < -0.4 is 5.32 Å². The van der Waals surface area contributed by atoms with Gasteiger partial charge in [-0.3, -0.25) is 19.3 Å². The van der Waals surface area contributed by atoms with Crippen LogP contribution in [0.15, 0.2) is 36.4 Å². The number of anilines is 1. The Morgan fingerprint density at radius 3 is 2.02 bits per heavy atom. The highest BCUT2D eigenvalue weighted by molar-refractivity contribution is 7.59. The lowest BCUT2D eigenvalue weighted by Gasteiger charge is -2.48. The maximum Gasteiger partial charge on any atom is 0.258 e. The number of nitrogens with zero attached hydrogens (tertiary/aromatic N) is 4. The van der Waals surface area contributed by atoms with Crippen molar-refractivity contribution in [2.75, 3.05) is 57.7 Å². The lowest BCUT2D eigenvalue weighted by molar-refractivity contribution is -0.152. The summed E-state index contributed by atoms with van der Waals surface area (Å²) in [6.07, 6.45) is 1.67. The molecule has 2 aromatic carbocycles. The van der Waals surface area contributed by atoms with E-state index < -0.39 is 5.60 Å². The van der Waals surface area contributed by atoms with Crippen LogP contribution in [0.2, 0.25) is 15.1 Å². The number of amides is 3. The predicted octanol–water partition coefficient (Wildman–Crippen LogP) is 4.06. The molecule has 2 N–H and O–H groups in total. The smallest absolute Gasteiger partial charge is 0.258 e. The molecule has 13 heteroatoms. The molecule has 3 amide bonds. The molecule has 0 aliphatic carbocycles. The van der Waals surface area contributed by atoms with Gasteiger partial charge in [0.25, 0.3) is 11.8 Å². The summed E-state index contributed by atoms with van der Waals surface area (Å²) >= 11 is 19.1. The predicted molar refractivity (Wildman–Crippen MR) is 175 cm³/mol. The van der Waals surface area contributed by atoms with Gasteiger partial charge in [-0.25, -0.2) is 0 Å². The zero-order valence-electron chi connectivity index (χ0n) is 24.3. The van der Waals surface area contributed by atoms with E-state index in [2.05, 4.69) is 10.2 Å². The fraction of sp³-hybridized carbons (Fsp3) is 0.500. The molecule has 0 aromatic heterocycles. The number of aliphatic hydroxyl groups is 1. The van der Waals surface area contributed by atoms with Gasteiger partial charge in [0.05, 0.1) is 21.7 Å². The number of carbonyl (C=O) groups is 3. The number of hydrogen-bond acceptors (Lipinski definition) is 6. The monoisotopic (exact) mass is 669 g/mol. The Morgan fingerprint density at radius 1 is 0.884 bits per heavy atom. The molecular weight excluding hydrogens is 633 g/mol. The van der Waals surface area contributed by atoms with E-state index in [-0.39, 0.29) is 42.8 Å². The van der Waals surface area contributed by atoms with Gasteiger partial charge in [0.1, 0.15) is 0 Å².